The molecule has 2 aliphatic heterocycles. The van der Waals surface area contributed by atoms with Gasteiger partial charge < -0.3 is 19.7 Å². The maximum absolute atomic E-state index is 12.8. The number of nitrogens with one attached hydrogen (secondary N) is 1. The monoisotopic (exact) mass is 366 g/mol. The number of amides is 2. The van der Waals surface area contributed by atoms with Gasteiger partial charge in [0.05, 0.1) is 6.04 Å². The highest BCUT2D eigenvalue weighted by Gasteiger charge is 2.30. The second-order valence-electron chi connectivity index (χ2n) is 7.34. The van der Waals surface area contributed by atoms with E-state index >= 15 is 0 Å². The van der Waals surface area contributed by atoms with Crippen LogP contribution >= 0.6 is 0 Å². The van der Waals surface area contributed by atoms with E-state index in [0.717, 1.165) is 42.0 Å². The third-order valence-electron chi connectivity index (χ3n) is 5.39. The highest BCUT2D eigenvalue weighted by Crippen LogP contribution is 2.38. The number of nitrogens with zero attached hydrogens (tertiary/aromatic N) is 1. The van der Waals surface area contributed by atoms with E-state index in [2.05, 4.69) is 37.4 Å². The van der Waals surface area contributed by atoms with Crippen LogP contribution in [0.5, 0.6) is 11.5 Å². The Morgan fingerprint density at radius 1 is 1.11 bits per heavy atom. The van der Waals surface area contributed by atoms with Gasteiger partial charge in [0.1, 0.15) is 13.2 Å². The molecular formula is C22H26N2O3. The second-order valence-corrected chi connectivity index (χ2v) is 7.34. The Balaban J connectivity index is 1.45. The van der Waals surface area contributed by atoms with E-state index in [9.17, 15) is 4.79 Å². The minimum Gasteiger partial charge on any atom is -0.486 e. The summed E-state index contributed by atoms with van der Waals surface area (Å²) in [6, 6.07) is 12.4. The second kappa shape index (κ2) is 7.51. The summed E-state index contributed by atoms with van der Waals surface area (Å²) in [6.45, 7) is 6.65. The SMILES string of the molecule is Cc1ccc(CNC(=O)N2CCCC2c2ccc3c(c2)OCCO3)c(C)c1. The molecule has 0 bridgehead atoms. The van der Waals surface area contributed by atoms with E-state index in [1.54, 1.807) is 0 Å². The van der Waals surface area contributed by atoms with Gasteiger partial charge in [0.2, 0.25) is 0 Å². The third kappa shape index (κ3) is 3.72. The smallest absolute Gasteiger partial charge is 0.318 e. The number of carbonyl (C=O) groups is 1. The lowest BCUT2D eigenvalue weighted by Gasteiger charge is -2.27. The third-order valence-corrected chi connectivity index (χ3v) is 5.39. The Morgan fingerprint density at radius 3 is 2.74 bits per heavy atom. The summed E-state index contributed by atoms with van der Waals surface area (Å²) in [7, 11) is 0. The van der Waals surface area contributed by atoms with Crippen molar-refractivity contribution in [3.63, 3.8) is 0 Å². The number of ether oxygens (including phenoxy) is 2. The quantitative estimate of drug-likeness (QED) is 0.889. The molecule has 2 aromatic rings. The van der Waals surface area contributed by atoms with Crippen LogP contribution in [0.25, 0.3) is 0 Å². The molecule has 0 aliphatic carbocycles. The summed E-state index contributed by atoms with van der Waals surface area (Å²) in [5.41, 5.74) is 4.71. The van der Waals surface area contributed by atoms with Gasteiger partial charge in [0.15, 0.2) is 11.5 Å². The van der Waals surface area contributed by atoms with E-state index in [4.69, 9.17) is 9.47 Å². The maximum Gasteiger partial charge on any atom is 0.318 e. The summed E-state index contributed by atoms with van der Waals surface area (Å²) < 4.78 is 11.3. The molecular weight excluding hydrogens is 340 g/mol. The maximum atomic E-state index is 12.8. The van der Waals surface area contributed by atoms with Crippen LogP contribution in [0.15, 0.2) is 36.4 Å². The van der Waals surface area contributed by atoms with Crippen LogP contribution in [-0.4, -0.2) is 30.7 Å². The summed E-state index contributed by atoms with van der Waals surface area (Å²) in [5, 5.41) is 3.09. The van der Waals surface area contributed by atoms with E-state index in [-0.39, 0.29) is 12.1 Å². The number of carbonyl (C=O) groups excluding carboxylic acids is 1. The number of hydrogen-bond donors (Lipinski definition) is 1. The molecule has 0 radical (unpaired) electrons. The van der Waals surface area contributed by atoms with Gasteiger partial charge in [-0.15, -0.1) is 0 Å². The van der Waals surface area contributed by atoms with Crippen molar-refractivity contribution < 1.29 is 14.3 Å². The van der Waals surface area contributed by atoms with E-state index in [0.29, 0.717) is 19.8 Å². The minimum absolute atomic E-state index is 0.00707. The molecule has 5 heteroatoms. The molecule has 2 amide bonds. The lowest BCUT2D eigenvalue weighted by atomic mass is 10.0. The van der Waals surface area contributed by atoms with Crippen molar-refractivity contribution in [3.8, 4) is 11.5 Å². The number of urea groups is 1. The number of rotatable bonds is 3. The van der Waals surface area contributed by atoms with E-state index < -0.39 is 0 Å². The zero-order valence-electron chi connectivity index (χ0n) is 16.0. The van der Waals surface area contributed by atoms with E-state index in [1.165, 1.54) is 11.1 Å². The van der Waals surface area contributed by atoms with Crippen molar-refractivity contribution in [3.05, 3.63) is 58.7 Å². The molecule has 1 unspecified atom stereocenters. The fraction of sp³-hybridized carbons (Fsp3) is 0.409. The van der Waals surface area contributed by atoms with Gasteiger partial charge in [-0.05, 0) is 55.5 Å². The number of likely N-dealkylation sites (tertiary alicyclic amines) is 1. The lowest BCUT2D eigenvalue weighted by molar-refractivity contribution is 0.170. The van der Waals surface area contributed by atoms with Gasteiger partial charge in [0.25, 0.3) is 0 Å². The molecule has 1 saturated heterocycles. The molecule has 2 heterocycles. The van der Waals surface area contributed by atoms with Crippen LogP contribution in [0, 0.1) is 13.8 Å². The zero-order chi connectivity index (χ0) is 18.8. The van der Waals surface area contributed by atoms with Gasteiger partial charge in [-0.1, -0.05) is 29.8 Å². The Hall–Kier alpha value is -2.69. The van der Waals surface area contributed by atoms with Crippen LogP contribution in [0.2, 0.25) is 0 Å². The Morgan fingerprint density at radius 2 is 1.93 bits per heavy atom. The average molecular weight is 366 g/mol. The Labute approximate surface area is 160 Å². The molecule has 142 valence electrons. The largest absolute Gasteiger partial charge is 0.486 e. The molecule has 1 N–H and O–H groups in total. The van der Waals surface area contributed by atoms with Crippen LogP contribution < -0.4 is 14.8 Å². The summed E-state index contributed by atoms with van der Waals surface area (Å²) in [6.07, 6.45) is 1.98. The van der Waals surface area contributed by atoms with Crippen molar-refractivity contribution in [2.75, 3.05) is 19.8 Å². The van der Waals surface area contributed by atoms with Crippen LogP contribution in [-0.2, 0) is 6.54 Å². The minimum atomic E-state index is -0.00707. The highest BCUT2D eigenvalue weighted by atomic mass is 16.6. The average Bonchev–Trinajstić information content (AvgIpc) is 3.16. The standard InChI is InChI=1S/C22H26N2O3/c1-15-5-6-18(16(2)12-15)14-23-22(25)24-9-3-4-19(24)17-7-8-20-21(13-17)27-11-10-26-20/h5-8,12-13,19H,3-4,9-11,14H2,1-2H3,(H,23,25). The van der Waals surface area contributed by atoms with Gasteiger partial charge in [-0.2, -0.15) is 0 Å². The lowest BCUT2D eigenvalue weighted by Crippen LogP contribution is -2.39. The topological polar surface area (TPSA) is 50.8 Å². The first-order valence-electron chi connectivity index (χ1n) is 9.62. The summed E-state index contributed by atoms with van der Waals surface area (Å²) in [5.74, 6) is 1.56. The van der Waals surface area contributed by atoms with Crippen LogP contribution in [0.1, 0.15) is 41.1 Å². The van der Waals surface area contributed by atoms with E-state index in [1.807, 2.05) is 23.1 Å². The molecule has 4 rings (SSSR count). The van der Waals surface area contributed by atoms with Gasteiger partial charge in [0, 0.05) is 13.1 Å². The van der Waals surface area contributed by atoms with Crippen molar-refractivity contribution in [1.82, 2.24) is 10.2 Å². The predicted octanol–water partition coefficient (Wildman–Crippen LogP) is 4.12. The molecule has 1 atom stereocenters. The molecule has 1 fully saturated rings. The Kier molecular flexibility index (Phi) is 4.92. The number of benzene rings is 2. The van der Waals surface area contributed by atoms with Crippen molar-refractivity contribution in [1.29, 1.82) is 0 Å². The van der Waals surface area contributed by atoms with Gasteiger partial charge in [-0.25, -0.2) is 4.79 Å². The summed E-state index contributed by atoms with van der Waals surface area (Å²) in [4.78, 5) is 14.8. The fourth-order valence-corrected chi connectivity index (χ4v) is 3.94. The van der Waals surface area contributed by atoms with Crippen LogP contribution in [0.4, 0.5) is 4.79 Å². The predicted molar refractivity (Wildman–Crippen MR) is 104 cm³/mol. The molecule has 5 nitrogen and oxygen atoms in total. The van der Waals surface area contributed by atoms with Crippen molar-refractivity contribution in [2.45, 2.75) is 39.3 Å². The van der Waals surface area contributed by atoms with Gasteiger partial charge >= 0.3 is 6.03 Å². The number of hydrogen-bond acceptors (Lipinski definition) is 3. The molecule has 2 aromatic carbocycles. The molecule has 0 aromatic heterocycles. The molecule has 0 spiro atoms. The van der Waals surface area contributed by atoms with Gasteiger partial charge in [-0.3, -0.25) is 0 Å². The first kappa shape index (κ1) is 17.7. The normalized spacial score (nSPS) is 18.4. The summed E-state index contributed by atoms with van der Waals surface area (Å²) >= 11 is 0. The van der Waals surface area contributed by atoms with Crippen molar-refractivity contribution in [2.24, 2.45) is 0 Å². The highest BCUT2D eigenvalue weighted by molar-refractivity contribution is 5.75. The fourth-order valence-electron chi connectivity index (χ4n) is 3.94. The molecule has 27 heavy (non-hydrogen) atoms. The first-order valence-corrected chi connectivity index (χ1v) is 9.62. The zero-order valence-corrected chi connectivity index (χ0v) is 16.0. The number of fused-ring (bicyclic) bond motifs is 1. The molecule has 2 aliphatic rings. The van der Waals surface area contributed by atoms with Crippen LogP contribution in [0.3, 0.4) is 0 Å². The van der Waals surface area contributed by atoms with Crippen molar-refractivity contribution >= 4 is 6.03 Å². The molecule has 0 saturated carbocycles. The Bertz CT molecular complexity index is 849. The number of aryl methyl sites for hydroxylation is 2. The first-order chi connectivity index (χ1) is 13.1.